The predicted molar refractivity (Wildman–Crippen MR) is 88.9 cm³/mol. The SMILES string of the molecule is CCC(=O)Nc1ccc(C)c(NCc2cccc(Cl)c2)c1. The fraction of sp³-hybridized carbons (Fsp3) is 0.235. The first kappa shape index (κ1) is 15.4. The molecule has 0 atom stereocenters. The summed E-state index contributed by atoms with van der Waals surface area (Å²) in [6.45, 7) is 4.56. The van der Waals surface area contributed by atoms with E-state index in [0.29, 0.717) is 13.0 Å². The van der Waals surface area contributed by atoms with Crippen molar-refractivity contribution in [1.82, 2.24) is 0 Å². The predicted octanol–water partition coefficient (Wildman–Crippen LogP) is 4.61. The van der Waals surface area contributed by atoms with Crippen molar-refractivity contribution in [1.29, 1.82) is 0 Å². The maximum absolute atomic E-state index is 11.4. The molecule has 2 rings (SSSR count). The van der Waals surface area contributed by atoms with Crippen LogP contribution in [0.4, 0.5) is 11.4 Å². The van der Waals surface area contributed by atoms with Crippen molar-refractivity contribution in [2.45, 2.75) is 26.8 Å². The van der Waals surface area contributed by atoms with Crippen molar-refractivity contribution < 1.29 is 4.79 Å². The molecule has 4 heteroatoms. The first-order chi connectivity index (χ1) is 10.1. The molecule has 0 saturated heterocycles. The molecular formula is C17H19ClN2O. The molecule has 0 aromatic heterocycles. The summed E-state index contributed by atoms with van der Waals surface area (Å²) in [6, 6.07) is 13.6. The summed E-state index contributed by atoms with van der Waals surface area (Å²) in [5, 5.41) is 6.98. The second kappa shape index (κ2) is 7.14. The van der Waals surface area contributed by atoms with Gasteiger partial charge >= 0.3 is 0 Å². The first-order valence-electron chi connectivity index (χ1n) is 6.97. The van der Waals surface area contributed by atoms with Gasteiger partial charge in [0.05, 0.1) is 0 Å². The van der Waals surface area contributed by atoms with E-state index in [-0.39, 0.29) is 5.91 Å². The molecule has 2 aromatic rings. The van der Waals surface area contributed by atoms with E-state index >= 15 is 0 Å². The summed E-state index contributed by atoms with van der Waals surface area (Å²) in [6.07, 6.45) is 0.471. The van der Waals surface area contributed by atoms with E-state index in [4.69, 9.17) is 11.6 Å². The lowest BCUT2D eigenvalue weighted by Crippen LogP contribution is -2.10. The molecule has 2 N–H and O–H groups in total. The number of halogens is 1. The van der Waals surface area contributed by atoms with E-state index in [9.17, 15) is 4.79 Å². The van der Waals surface area contributed by atoms with E-state index in [1.54, 1.807) is 0 Å². The number of nitrogens with one attached hydrogen (secondary N) is 2. The van der Waals surface area contributed by atoms with Crippen molar-refractivity contribution in [2.75, 3.05) is 10.6 Å². The Kier molecular flexibility index (Phi) is 5.23. The summed E-state index contributed by atoms with van der Waals surface area (Å²) in [5.74, 6) is 0.0136. The number of amides is 1. The van der Waals surface area contributed by atoms with Gasteiger partial charge in [0, 0.05) is 29.4 Å². The van der Waals surface area contributed by atoms with Crippen LogP contribution in [0.1, 0.15) is 24.5 Å². The standard InChI is InChI=1S/C17H19ClN2O/c1-3-17(21)20-15-8-7-12(2)16(10-15)19-11-13-5-4-6-14(18)9-13/h4-10,19H,3,11H2,1-2H3,(H,20,21). The molecule has 0 spiro atoms. The van der Waals surface area contributed by atoms with Crippen LogP contribution in [-0.2, 0) is 11.3 Å². The van der Waals surface area contributed by atoms with Crippen LogP contribution in [0.3, 0.4) is 0 Å². The third-order valence-electron chi connectivity index (χ3n) is 3.21. The van der Waals surface area contributed by atoms with Gasteiger partial charge in [-0.2, -0.15) is 0 Å². The monoisotopic (exact) mass is 302 g/mol. The number of hydrogen-bond acceptors (Lipinski definition) is 2. The van der Waals surface area contributed by atoms with Gasteiger partial charge < -0.3 is 10.6 Å². The molecule has 0 unspecified atom stereocenters. The minimum absolute atomic E-state index is 0.0136. The van der Waals surface area contributed by atoms with E-state index in [1.165, 1.54) is 0 Å². The van der Waals surface area contributed by atoms with Crippen LogP contribution in [0.15, 0.2) is 42.5 Å². The molecule has 0 bridgehead atoms. The second-order valence-corrected chi connectivity index (χ2v) is 5.35. The van der Waals surface area contributed by atoms with Crippen molar-refractivity contribution in [3.8, 4) is 0 Å². The Morgan fingerprint density at radius 3 is 2.71 bits per heavy atom. The molecule has 2 aromatic carbocycles. The van der Waals surface area contributed by atoms with Crippen molar-refractivity contribution >= 4 is 28.9 Å². The van der Waals surface area contributed by atoms with Gasteiger partial charge in [-0.1, -0.05) is 36.7 Å². The number of rotatable bonds is 5. The molecule has 0 aliphatic carbocycles. The van der Waals surface area contributed by atoms with Crippen LogP contribution in [-0.4, -0.2) is 5.91 Å². The molecular weight excluding hydrogens is 284 g/mol. The largest absolute Gasteiger partial charge is 0.381 e. The average Bonchev–Trinajstić information content (AvgIpc) is 2.47. The van der Waals surface area contributed by atoms with Crippen molar-refractivity contribution in [2.24, 2.45) is 0 Å². The summed E-state index contributed by atoms with van der Waals surface area (Å²) < 4.78 is 0. The highest BCUT2D eigenvalue weighted by Gasteiger charge is 2.03. The number of anilines is 2. The third kappa shape index (κ3) is 4.50. The summed E-state index contributed by atoms with van der Waals surface area (Å²) in [7, 11) is 0. The number of aryl methyl sites for hydroxylation is 1. The van der Waals surface area contributed by atoms with Gasteiger partial charge in [0.1, 0.15) is 0 Å². The lowest BCUT2D eigenvalue weighted by atomic mass is 10.1. The quantitative estimate of drug-likeness (QED) is 0.847. The second-order valence-electron chi connectivity index (χ2n) is 4.91. The van der Waals surface area contributed by atoms with Gasteiger partial charge in [-0.25, -0.2) is 0 Å². The smallest absolute Gasteiger partial charge is 0.224 e. The van der Waals surface area contributed by atoms with Gasteiger partial charge in [-0.05, 0) is 42.3 Å². The summed E-state index contributed by atoms with van der Waals surface area (Å²) in [5.41, 5.74) is 4.06. The Balaban J connectivity index is 2.08. The minimum atomic E-state index is 0.0136. The zero-order chi connectivity index (χ0) is 15.2. The Morgan fingerprint density at radius 1 is 1.19 bits per heavy atom. The number of carbonyl (C=O) groups is 1. The van der Waals surface area contributed by atoms with E-state index in [0.717, 1.165) is 27.5 Å². The highest BCUT2D eigenvalue weighted by Crippen LogP contribution is 2.21. The molecule has 110 valence electrons. The molecule has 0 radical (unpaired) electrons. The van der Waals surface area contributed by atoms with Gasteiger partial charge in [0.15, 0.2) is 0 Å². The van der Waals surface area contributed by atoms with E-state index < -0.39 is 0 Å². The average molecular weight is 303 g/mol. The van der Waals surface area contributed by atoms with E-state index in [2.05, 4.69) is 10.6 Å². The van der Waals surface area contributed by atoms with Crippen LogP contribution in [0.25, 0.3) is 0 Å². The van der Waals surface area contributed by atoms with Crippen LogP contribution < -0.4 is 10.6 Å². The maximum Gasteiger partial charge on any atom is 0.224 e. The molecule has 3 nitrogen and oxygen atoms in total. The molecule has 0 heterocycles. The molecule has 0 aliphatic heterocycles. The van der Waals surface area contributed by atoms with Gasteiger partial charge in [-0.3, -0.25) is 4.79 Å². The third-order valence-corrected chi connectivity index (χ3v) is 3.45. The Hall–Kier alpha value is -2.00. The lowest BCUT2D eigenvalue weighted by molar-refractivity contribution is -0.115. The molecule has 0 fully saturated rings. The molecule has 0 aliphatic rings. The zero-order valence-corrected chi connectivity index (χ0v) is 13.0. The Bertz CT molecular complexity index is 640. The van der Waals surface area contributed by atoms with Crippen LogP contribution in [0, 0.1) is 6.92 Å². The normalized spacial score (nSPS) is 10.2. The highest BCUT2D eigenvalue weighted by molar-refractivity contribution is 6.30. The number of carbonyl (C=O) groups excluding carboxylic acids is 1. The van der Waals surface area contributed by atoms with E-state index in [1.807, 2.05) is 56.3 Å². The lowest BCUT2D eigenvalue weighted by Gasteiger charge is -2.12. The first-order valence-corrected chi connectivity index (χ1v) is 7.35. The van der Waals surface area contributed by atoms with Crippen LogP contribution in [0.2, 0.25) is 5.02 Å². The maximum atomic E-state index is 11.4. The fourth-order valence-electron chi connectivity index (χ4n) is 1.98. The molecule has 21 heavy (non-hydrogen) atoms. The van der Waals surface area contributed by atoms with Gasteiger partial charge in [0.2, 0.25) is 5.91 Å². The number of benzene rings is 2. The van der Waals surface area contributed by atoms with Crippen molar-refractivity contribution in [3.63, 3.8) is 0 Å². The summed E-state index contributed by atoms with van der Waals surface area (Å²) in [4.78, 5) is 11.4. The van der Waals surface area contributed by atoms with Gasteiger partial charge in [0.25, 0.3) is 0 Å². The van der Waals surface area contributed by atoms with Crippen LogP contribution >= 0.6 is 11.6 Å². The zero-order valence-electron chi connectivity index (χ0n) is 12.2. The number of hydrogen-bond donors (Lipinski definition) is 2. The molecule has 0 saturated carbocycles. The van der Waals surface area contributed by atoms with Crippen molar-refractivity contribution in [3.05, 3.63) is 58.6 Å². The topological polar surface area (TPSA) is 41.1 Å². The highest BCUT2D eigenvalue weighted by atomic mass is 35.5. The fourth-order valence-corrected chi connectivity index (χ4v) is 2.20. The Morgan fingerprint density at radius 2 is 2.00 bits per heavy atom. The van der Waals surface area contributed by atoms with Crippen LogP contribution in [0.5, 0.6) is 0 Å². The summed E-state index contributed by atoms with van der Waals surface area (Å²) >= 11 is 5.98. The minimum Gasteiger partial charge on any atom is -0.381 e. The van der Waals surface area contributed by atoms with Gasteiger partial charge in [-0.15, -0.1) is 0 Å². The Labute approximate surface area is 130 Å². The molecule has 1 amide bonds.